The van der Waals surface area contributed by atoms with E-state index in [1.54, 1.807) is 6.92 Å². The Morgan fingerprint density at radius 1 is 1.26 bits per heavy atom. The lowest BCUT2D eigenvalue weighted by molar-refractivity contribution is 0.376. The van der Waals surface area contributed by atoms with Gasteiger partial charge in [0.15, 0.2) is 11.8 Å². The van der Waals surface area contributed by atoms with Gasteiger partial charge in [-0.05, 0) is 44.0 Å². The van der Waals surface area contributed by atoms with Crippen LogP contribution in [0.3, 0.4) is 0 Å². The highest BCUT2D eigenvalue weighted by molar-refractivity contribution is 5.92. The van der Waals surface area contributed by atoms with Crippen molar-refractivity contribution in [3.8, 4) is 0 Å². The number of hydrogen-bond donors (Lipinski definition) is 2. The van der Waals surface area contributed by atoms with Crippen LogP contribution in [0, 0.1) is 20.8 Å². The Hall–Kier alpha value is -2.37. The molecule has 0 saturated carbocycles. The van der Waals surface area contributed by atoms with Gasteiger partial charge in [-0.2, -0.15) is 4.98 Å². The van der Waals surface area contributed by atoms with E-state index in [9.17, 15) is 0 Å². The van der Waals surface area contributed by atoms with Crippen LogP contribution < -0.4 is 11.1 Å². The number of aromatic nitrogens is 2. The number of rotatable bonds is 3. The maximum Gasteiger partial charge on any atom is 0.248 e. The number of nitrogens with two attached hydrogens (primary N) is 1. The summed E-state index contributed by atoms with van der Waals surface area (Å²) in [7, 11) is 0. The van der Waals surface area contributed by atoms with E-state index in [4.69, 9.17) is 10.3 Å². The lowest BCUT2D eigenvalue weighted by atomic mass is 10.1. The standard InChI is InChI=1S/C13H17N5O/c1-8-4-9(2)6-11(5-8)17-13(14)15-7-12-16-10(3)18-19-12/h4-6H,7H2,1-3H3,(H3,14,15,17). The van der Waals surface area contributed by atoms with Gasteiger partial charge in [-0.3, -0.25) is 0 Å². The number of hydrogen-bond acceptors (Lipinski definition) is 4. The van der Waals surface area contributed by atoms with Gasteiger partial charge >= 0.3 is 0 Å². The molecule has 0 fully saturated rings. The quantitative estimate of drug-likeness (QED) is 0.649. The highest BCUT2D eigenvalue weighted by Crippen LogP contribution is 2.13. The predicted octanol–water partition coefficient (Wildman–Crippen LogP) is 1.92. The molecule has 0 radical (unpaired) electrons. The van der Waals surface area contributed by atoms with Gasteiger partial charge in [-0.1, -0.05) is 11.2 Å². The zero-order chi connectivity index (χ0) is 13.8. The van der Waals surface area contributed by atoms with Gasteiger partial charge in [-0.15, -0.1) is 0 Å². The fraction of sp³-hybridized carbons (Fsp3) is 0.308. The van der Waals surface area contributed by atoms with Crippen molar-refractivity contribution in [2.45, 2.75) is 27.3 Å². The molecule has 3 N–H and O–H groups in total. The number of nitrogens with zero attached hydrogens (tertiary/aromatic N) is 3. The summed E-state index contributed by atoms with van der Waals surface area (Å²) in [5.41, 5.74) is 9.07. The largest absolute Gasteiger partial charge is 0.370 e. The summed E-state index contributed by atoms with van der Waals surface area (Å²) in [6.07, 6.45) is 0. The predicted molar refractivity (Wildman–Crippen MR) is 73.9 cm³/mol. The third-order valence-corrected chi connectivity index (χ3v) is 2.45. The molecule has 100 valence electrons. The summed E-state index contributed by atoms with van der Waals surface area (Å²) in [6.45, 7) is 6.10. The minimum absolute atomic E-state index is 0.268. The molecule has 0 unspecified atom stereocenters. The number of benzene rings is 1. The first kappa shape index (κ1) is 13.1. The van der Waals surface area contributed by atoms with E-state index in [2.05, 4.69) is 26.5 Å². The third-order valence-electron chi connectivity index (χ3n) is 2.45. The van der Waals surface area contributed by atoms with Crippen molar-refractivity contribution in [3.63, 3.8) is 0 Å². The van der Waals surface area contributed by atoms with Gasteiger partial charge in [0.1, 0.15) is 6.54 Å². The van der Waals surface area contributed by atoms with E-state index >= 15 is 0 Å². The summed E-state index contributed by atoms with van der Waals surface area (Å²) in [5, 5.41) is 6.72. The Labute approximate surface area is 111 Å². The molecule has 1 heterocycles. The monoisotopic (exact) mass is 259 g/mol. The molecule has 1 aromatic carbocycles. The summed E-state index contributed by atoms with van der Waals surface area (Å²) in [4.78, 5) is 8.20. The second-order valence-corrected chi connectivity index (χ2v) is 4.44. The first-order valence-electron chi connectivity index (χ1n) is 5.97. The van der Waals surface area contributed by atoms with Crippen molar-refractivity contribution in [2.24, 2.45) is 10.7 Å². The summed E-state index contributed by atoms with van der Waals surface area (Å²) >= 11 is 0. The van der Waals surface area contributed by atoms with E-state index in [-0.39, 0.29) is 6.54 Å². The zero-order valence-corrected chi connectivity index (χ0v) is 11.3. The van der Waals surface area contributed by atoms with Crippen LogP contribution in [0.25, 0.3) is 0 Å². The van der Waals surface area contributed by atoms with E-state index in [1.165, 1.54) is 11.1 Å². The first-order valence-corrected chi connectivity index (χ1v) is 5.97. The molecular formula is C13H17N5O. The Bertz CT molecular complexity index is 583. The van der Waals surface area contributed by atoms with Crippen molar-refractivity contribution < 1.29 is 4.52 Å². The zero-order valence-electron chi connectivity index (χ0n) is 11.3. The molecule has 0 amide bonds. The number of guanidine groups is 1. The molecule has 6 heteroatoms. The van der Waals surface area contributed by atoms with Crippen LogP contribution >= 0.6 is 0 Å². The molecule has 0 aliphatic carbocycles. The number of aryl methyl sites for hydroxylation is 3. The van der Waals surface area contributed by atoms with Crippen LogP contribution in [0.2, 0.25) is 0 Å². The van der Waals surface area contributed by atoms with Crippen molar-refractivity contribution in [1.82, 2.24) is 10.1 Å². The molecule has 0 saturated heterocycles. The molecule has 0 spiro atoms. The summed E-state index contributed by atoms with van der Waals surface area (Å²) < 4.78 is 4.95. The van der Waals surface area contributed by atoms with Gasteiger partial charge in [0.25, 0.3) is 0 Å². The van der Waals surface area contributed by atoms with Crippen molar-refractivity contribution in [1.29, 1.82) is 0 Å². The van der Waals surface area contributed by atoms with E-state index in [0.29, 0.717) is 17.7 Å². The highest BCUT2D eigenvalue weighted by atomic mass is 16.5. The number of nitrogens with one attached hydrogen (secondary N) is 1. The fourth-order valence-electron chi connectivity index (χ4n) is 1.79. The van der Waals surface area contributed by atoms with Crippen molar-refractivity contribution in [3.05, 3.63) is 41.0 Å². The van der Waals surface area contributed by atoms with Crippen LogP contribution in [0.15, 0.2) is 27.7 Å². The van der Waals surface area contributed by atoms with Gasteiger partial charge in [-0.25, -0.2) is 4.99 Å². The molecular weight excluding hydrogens is 242 g/mol. The molecule has 19 heavy (non-hydrogen) atoms. The lowest BCUT2D eigenvalue weighted by Crippen LogP contribution is -2.22. The van der Waals surface area contributed by atoms with Crippen molar-refractivity contribution in [2.75, 3.05) is 5.32 Å². The van der Waals surface area contributed by atoms with Gasteiger partial charge in [0.2, 0.25) is 5.89 Å². The van der Waals surface area contributed by atoms with Crippen LogP contribution in [0.5, 0.6) is 0 Å². The smallest absolute Gasteiger partial charge is 0.248 e. The van der Waals surface area contributed by atoms with Crippen LogP contribution in [0.4, 0.5) is 5.69 Å². The molecule has 0 aliphatic heterocycles. The third kappa shape index (κ3) is 3.80. The minimum atomic E-state index is 0.268. The van der Waals surface area contributed by atoms with Gasteiger partial charge in [0, 0.05) is 5.69 Å². The van der Waals surface area contributed by atoms with Gasteiger partial charge < -0.3 is 15.6 Å². The molecule has 6 nitrogen and oxygen atoms in total. The number of aliphatic imine (C=N–C) groups is 1. The van der Waals surface area contributed by atoms with E-state index in [0.717, 1.165) is 5.69 Å². The second-order valence-electron chi connectivity index (χ2n) is 4.44. The van der Waals surface area contributed by atoms with Gasteiger partial charge in [0.05, 0.1) is 0 Å². The van der Waals surface area contributed by atoms with E-state index < -0.39 is 0 Å². The molecule has 0 atom stereocenters. The molecule has 1 aromatic heterocycles. The average Bonchev–Trinajstić information content (AvgIpc) is 2.71. The summed E-state index contributed by atoms with van der Waals surface area (Å²) in [6, 6.07) is 6.11. The minimum Gasteiger partial charge on any atom is -0.370 e. The van der Waals surface area contributed by atoms with Crippen LogP contribution in [-0.2, 0) is 6.54 Å². The summed E-state index contributed by atoms with van der Waals surface area (Å²) in [5.74, 6) is 1.36. The Morgan fingerprint density at radius 2 is 1.95 bits per heavy atom. The van der Waals surface area contributed by atoms with E-state index in [1.807, 2.05) is 26.0 Å². The van der Waals surface area contributed by atoms with Crippen LogP contribution in [0.1, 0.15) is 22.8 Å². The average molecular weight is 259 g/mol. The molecule has 2 rings (SSSR count). The maximum absolute atomic E-state index is 5.81. The second kappa shape index (κ2) is 5.51. The Morgan fingerprint density at radius 3 is 2.53 bits per heavy atom. The van der Waals surface area contributed by atoms with Crippen LogP contribution in [-0.4, -0.2) is 16.1 Å². The molecule has 0 bridgehead atoms. The maximum atomic E-state index is 5.81. The number of anilines is 1. The Balaban J connectivity index is 2.01. The lowest BCUT2D eigenvalue weighted by Gasteiger charge is -2.07. The SMILES string of the molecule is Cc1cc(C)cc(NC(N)=NCc2nc(C)no2)c1. The molecule has 2 aromatic rings. The first-order chi connectivity index (χ1) is 9.02. The Kier molecular flexibility index (Phi) is 3.79. The normalized spacial score (nSPS) is 11.6. The van der Waals surface area contributed by atoms with Crippen molar-refractivity contribution >= 4 is 11.6 Å². The molecule has 0 aliphatic rings. The fourth-order valence-corrected chi connectivity index (χ4v) is 1.79. The topological polar surface area (TPSA) is 89.3 Å². The highest BCUT2D eigenvalue weighted by Gasteiger charge is 2.02.